The lowest BCUT2D eigenvalue weighted by Gasteiger charge is -2.44. The van der Waals surface area contributed by atoms with Gasteiger partial charge in [0.25, 0.3) is 0 Å². The van der Waals surface area contributed by atoms with E-state index in [1.54, 1.807) is 12.1 Å². The minimum atomic E-state index is -1.27. The molecule has 1 saturated heterocycles. The summed E-state index contributed by atoms with van der Waals surface area (Å²) in [6.07, 6.45) is -4.49. The first kappa shape index (κ1) is 26.8. The molecule has 1 heterocycles. The highest BCUT2D eigenvalue weighted by molar-refractivity contribution is 7.99. The number of hydrogen-bond acceptors (Lipinski definition) is 9. The van der Waals surface area contributed by atoms with Gasteiger partial charge in [-0.1, -0.05) is 51.7 Å². The highest BCUT2D eigenvalue weighted by atomic mass is 35.5. The zero-order chi connectivity index (χ0) is 24.0. The number of esters is 2. The van der Waals surface area contributed by atoms with Crippen molar-refractivity contribution in [3.63, 3.8) is 0 Å². The van der Waals surface area contributed by atoms with Crippen molar-refractivity contribution in [2.45, 2.75) is 61.7 Å². The molecule has 2 rings (SSSR count). The Morgan fingerprint density at radius 1 is 1.25 bits per heavy atom. The molecule has 0 radical (unpaired) electrons. The van der Waals surface area contributed by atoms with Crippen molar-refractivity contribution in [2.75, 3.05) is 6.61 Å². The van der Waals surface area contributed by atoms with Crippen molar-refractivity contribution >= 4 is 58.5 Å². The van der Waals surface area contributed by atoms with Crippen LogP contribution in [0.2, 0.25) is 15.1 Å². The van der Waals surface area contributed by atoms with Crippen LogP contribution in [-0.4, -0.2) is 59.7 Å². The van der Waals surface area contributed by atoms with Crippen LogP contribution in [0, 0.1) is 0 Å². The third-order valence-corrected chi connectivity index (χ3v) is 6.43. The van der Waals surface area contributed by atoms with Crippen molar-refractivity contribution < 1.29 is 33.6 Å². The third kappa shape index (κ3) is 7.29. The standard InChI is InChI=1S/C18H20Cl3N3O7S/c1-7(25)28-6-13-16(29-8(2)26)15(23-24-22)17(30-9(3)27)18(31-13)32-10-4-11(19)14(21)12(20)5-10/h4-5,9,13,15-18,27H,6H2,1-3H3/t9?,13?,15?,16-,17?,18+/m0/s1. The van der Waals surface area contributed by atoms with E-state index in [-0.39, 0.29) is 21.7 Å². The van der Waals surface area contributed by atoms with Gasteiger partial charge in [-0.25, -0.2) is 0 Å². The van der Waals surface area contributed by atoms with Crippen LogP contribution in [-0.2, 0) is 28.5 Å². The largest absolute Gasteiger partial charge is 0.463 e. The van der Waals surface area contributed by atoms with Gasteiger partial charge in [0, 0.05) is 23.7 Å². The normalized spacial score (nSPS) is 26.0. The molecule has 1 fully saturated rings. The summed E-state index contributed by atoms with van der Waals surface area (Å²) in [7, 11) is 0. The molecule has 1 N–H and O–H groups in total. The van der Waals surface area contributed by atoms with Crippen LogP contribution in [0.4, 0.5) is 0 Å². The number of hydrogen-bond donors (Lipinski definition) is 1. The number of carbonyl (C=O) groups excluding carboxylic acids is 2. The predicted molar refractivity (Wildman–Crippen MR) is 118 cm³/mol. The number of aliphatic hydroxyl groups is 1. The highest BCUT2D eigenvalue weighted by Crippen LogP contribution is 2.41. The maximum atomic E-state index is 11.7. The molecule has 0 saturated carbocycles. The zero-order valence-corrected chi connectivity index (χ0v) is 20.2. The van der Waals surface area contributed by atoms with Gasteiger partial charge >= 0.3 is 11.9 Å². The lowest BCUT2D eigenvalue weighted by atomic mass is 9.97. The number of ether oxygens (including phenoxy) is 4. The molecule has 0 amide bonds. The van der Waals surface area contributed by atoms with E-state index in [1.165, 1.54) is 20.8 Å². The average Bonchev–Trinajstić information content (AvgIpc) is 2.68. The van der Waals surface area contributed by atoms with Gasteiger partial charge < -0.3 is 24.1 Å². The molecule has 0 bridgehead atoms. The molecule has 0 aromatic heterocycles. The van der Waals surface area contributed by atoms with Gasteiger partial charge in [-0.2, -0.15) is 0 Å². The number of azide groups is 1. The van der Waals surface area contributed by atoms with Crippen molar-refractivity contribution in [3.05, 3.63) is 37.6 Å². The van der Waals surface area contributed by atoms with Gasteiger partial charge in [-0.3, -0.25) is 9.59 Å². The Balaban J connectivity index is 2.47. The van der Waals surface area contributed by atoms with Crippen LogP contribution in [0.15, 0.2) is 22.1 Å². The number of nitrogens with zero attached hydrogens (tertiary/aromatic N) is 3. The molecule has 0 spiro atoms. The van der Waals surface area contributed by atoms with E-state index in [9.17, 15) is 14.7 Å². The summed E-state index contributed by atoms with van der Waals surface area (Å²) in [5.74, 6) is -1.26. The third-order valence-electron chi connectivity index (χ3n) is 4.12. The van der Waals surface area contributed by atoms with Gasteiger partial charge in [0.15, 0.2) is 6.29 Å². The molecule has 176 valence electrons. The van der Waals surface area contributed by atoms with Crippen molar-refractivity contribution in [1.29, 1.82) is 0 Å². The van der Waals surface area contributed by atoms with Crippen LogP contribution < -0.4 is 0 Å². The molecule has 1 aliphatic rings. The minimum absolute atomic E-state index is 0.175. The first-order chi connectivity index (χ1) is 15.0. The van der Waals surface area contributed by atoms with Crippen LogP contribution >= 0.6 is 46.6 Å². The number of carbonyl (C=O) groups is 2. The summed E-state index contributed by atoms with van der Waals surface area (Å²) in [5.41, 5.74) is 8.21. The summed E-state index contributed by atoms with van der Waals surface area (Å²) >= 11 is 19.3. The number of benzene rings is 1. The Morgan fingerprint density at radius 3 is 2.38 bits per heavy atom. The Kier molecular flexibility index (Phi) is 10.2. The first-order valence-electron chi connectivity index (χ1n) is 9.18. The number of thioether (sulfide) groups is 1. The summed E-state index contributed by atoms with van der Waals surface area (Å²) in [5, 5.41) is 14.2. The molecule has 32 heavy (non-hydrogen) atoms. The highest BCUT2D eigenvalue weighted by Gasteiger charge is 2.49. The van der Waals surface area contributed by atoms with Crippen LogP contribution in [0.3, 0.4) is 0 Å². The van der Waals surface area contributed by atoms with E-state index in [2.05, 4.69) is 10.0 Å². The molecule has 0 aliphatic carbocycles. The van der Waals surface area contributed by atoms with E-state index >= 15 is 0 Å². The van der Waals surface area contributed by atoms with Gasteiger partial charge in [0.1, 0.15) is 36.4 Å². The van der Waals surface area contributed by atoms with Crippen molar-refractivity contribution in [2.24, 2.45) is 5.11 Å². The van der Waals surface area contributed by atoms with Gasteiger partial charge in [0.05, 0.1) is 15.1 Å². The van der Waals surface area contributed by atoms with Gasteiger partial charge in [0.2, 0.25) is 0 Å². The van der Waals surface area contributed by atoms with Crippen molar-refractivity contribution in [1.82, 2.24) is 0 Å². The van der Waals surface area contributed by atoms with E-state index in [4.69, 9.17) is 59.3 Å². The maximum Gasteiger partial charge on any atom is 0.303 e. The second kappa shape index (κ2) is 12.2. The van der Waals surface area contributed by atoms with Crippen molar-refractivity contribution in [3.8, 4) is 0 Å². The lowest BCUT2D eigenvalue weighted by Crippen LogP contribution is -2.59. The first-order valence-corrected chi connectivity index (χ1v) is 11.2. The molecule has 6 atom stereocenters. The second-order valence-corrected chi connectivity index (χ2v) is 9.00. The fourth-order valence-corrected chi connectivity index (χ4v) is 4.88. The Bertz CT molecular complexity index is 878. The molecule has 1 aromatic carbocycles. The summed E-state index contributed by atoms with van der Waals surface area (Å²) in [6, 6.07) is 1.97. The number of aliphatic hydroxyl groups excluding tert-OH is 1. The molecule has 4 unspecified atom stereocenters. The molecular formula is C18H20Cl3N3O7S. The summed E-state index contributed by atoms with van der Waals surface area (Å²) in [6.45, 7) is 3.44. The predicted octanol–water partition coefficient (Wildman–Crippen LogP) is 4.36. The monoisotopic (exact) mass is 527 g/mol. The zero-order valence-electron chi connectivity index (χ0n) is 17.1. The minimum Gasteiger partial charge on any atom is -0.463 e. The molecule has 10 nitrogen and oxygen atoms in total. The maximum absolute atomic E-state index is 11.7. The van der Waals surface area contributed by atoms with E-state index in [0.717, 1.165) is 11.8 Å². The molecule has 1 aliphatic heterocycles. The topological polar surface area (TPSA) is 140 Å². The second-order valence-electron chi connectivity index (χ2n) is 6.63. The quantitative estimate of drug-likeness (QED) is 0.131. The number of rotatable bonds is 8. The van der Waals surface area contributed by atoms with Gasteiger partial charge in [-0.05, 0) is 24.6 Å². The van der Waals surface area contributed by atoms with E-state index in [0.29, 0.717) is 4.90 Å². The van der Waals surface area contributed by atoms with E-state index < -0.39 is 48.0 Å². The molecule has 14 heteroatoms. The summed E-state index contributed by atoms with van der Waals surface area (Å²) < 4.78 is 21.9. The summed E-state index contributed by atoms with van der Waals surface area (Å²) in [4.78, 5) is 26.4. The molecular weight excluding hydrogens is 509 g/mol. The van der Waals surface area contributed by atoms with Crippen LogP contribution in [0.1, 0.15) is 20.8 Å². The fraction of sp³-hybridized carbons (Fsp3) is 0.556. The number of halogens is 3. The SMILES string of the molecule is CC(=O)OCC1O[C@H](Sc2cc(Cl)c(Cl)c(Cl)c2)C(OC(C)O)C(N=[N+]=[N-])[C@H]1OC(C)=O. The molecule has 1 aromatic rings. The van der Waals surface area contributed by atoms with E-state index in [1.807, 2.05) is 0 Å². The Hall–Kier alpha value is -1.43. The van der Waals surface area contributed by atoms with Crippen LogP contribution in [0.5, 0.6) is 0 Å². The van der Waals surface area contributed by atoms with Gasteiger partial charge in [-0.15, -0.1) is 0 Å². The van der Waals surface area contributed by atoms with Crippen LogP contribution in [0.25, 0.3) is 10.4 Å². The average molecular weight is 529 g/mol. The smallest absolute Gasteiger partial charge is 0.303 e. The fourth-order valence-electron chi connectivity index (χ4n) is 2.96. The lowest BCUT2D eigenvalue weighted by molar-refractivity contribution is -0.225. The Morgan fingerprint density at radius 2 is 1.88 bits per heavy atom. The Labute approximate surface area is 203 Å².